The molecule has 1 N–H and O–H groups in total. The van der Waals surface area contributed by atoms with Crippen molar-refractivity contribution < 1.29 is 18.0 Å². The SMILES string of the molecule is CC(NC(=O)C(=O)N(C)C1CCS(=O)(=O)C1)c1ccccc1. The number of hydrogen-bond acceptors (Lipinski definition) is 4. The highest BCUT2D eigenvalue weighted by Gasteiger charge is 2.34. The largest absolute Gasteiger partial charge is 0.341 e. The van der Waals surface area contributed by atoms with Crippen molar-refractivity contribution in [2.45, 2.75) is 25.4 Å². The summed E-state index contributed by atoms with van der Waals surface area (Å²) in [6.07, 6.45) is 0.381. The predicted octanol–water partition coefficient (Wildman–Crippen LogP) is 0.509. The number of rotatable bonds is 3. The Morgan fingerprint density at radius 1 is 1.27 bits per heavy atom. The highest BCUT2D eigenvalue weighted by Crippen LogP contribution is 2.17. The molecule has 6 nitrogen and oxygen atoms in total. The third-order valence-corrected chi connectivity index (χ3v) is 5.67. The number of sulfone groups is 1. The van der Waals surface area contributed by atoms with Gasteiger partial charge in [0.1, 0.15) is 0 Å². The molecule has 0 saturated carbocycles. The van der Waals surface area contributed by atoms with Crippen LogP contribution in [0.15, 0.2) is 30.3 Å². The van der Waals surface area contributed by atoms with Gasteiger partial charge in [-0.15, -0.1) is 0 Å². The lowest BCUT2D eigenvalue weighted by molar-refractivity contribution is -0.146. The first-order valence-electron chi connectivity index (χ1n) is 7.13. The molecule has 2 amide bonds. The van der Waals surface area contributed by atoms with Crippen LogP contribution in [-0.2, 0) is 19.4 Å². The van der Waals surface area contributed by atoms with Gasteiger partial charge < -0.3 is 10.2 Å². The molecule has 1 fully saturated rings. The second-order valence-electron chi connectivity index (χ2n) is 5.58. The quantitative estimate of drug-likeness (QED) is 0.821. The zero-order valence-electron chi connectivity index (χ0n) is 12.7. The van der Waals surface area contributed by atoms with E-state index in [1.165, 1.54) is 11.9 Å². The normalized spacial score (nSPS) is 21.1. The Kier molecular flexibility index (Phi) is 4.85. The number of nitrogens with one attached hydrogen (secondary N) is 1. The number of hydrogen-bond donors (Lipinski definition) is 1. The lowest BCUT2D eigenvalue weighted by Crippen LogP contribution is -2.46. The van der Waals surface area contributed by atoms with E-state index in [1.807, 2.05) is 30.3 Å². The van der Waals surface area contributed by atoms with Gasteiger partial charge in [0.05, 0.1) is 17.5 Å². The fourth-order valence-electron chi connectivity index (χ4n) is 2.49. The van der Waals surface area contributed by atoms with E-state index in [9.17, 15) is 18.0 Å². The van der Waals surface area contributed by atoms with Crippen LogP contribution < -0.4 is 5.32 Å². The molecule has 7 heteroatoms. The molecule has 0 aromatic heterocycles. The Bertz CT molecular complexity index is 657. The Morgan fingerprint density at radius 3 is 2.45 bits per heavy atom. The molecule has 22 heavy (non-hydrogen) atoms. The van der Waals surface area contributed by atoms with Gasteiger partial charge in [-0.05, 0) is 18.9 Å². The lowest BCUT2D eigenvalue weighted by Gasteiger charge is -2.23. The van der Waals surface area contributed by atoms with Crippen molar-refractivity contribution in [1.82, 2.24) is 10.2 Å². The maximum Gasteiger partial charge on any atom is 0.311 e. The molecular weight excluding hydrogens is 304 g/mol. The maximum atomic E-state index is 12.1. The first-order valence-corrected chi connectivity index (χ1v) is 8.95. The number of amides is 2. The number of nitrogens with zero attached hydrogens (tertiary/aromatic N) is 1. The van der Waals surface area contributed by atoms with Gasteiger partial charge in [-0.1, -0.05) is 30.3 Å². The fourth-order valence-corrected chi connectivity index (χ4v) is 4.26. The topological polar surface area (TPSA) is 83.6 Å². The highest BCUT2D eigenvalue weighted by atomic mass is 32.2. The number of carbonyl (C=O) groups is 2. The molecule has 2 unspecified atom stereocenters. The Labute approximate surface area is 130 Å². The summed E-state index contributed by atoms with van der Waals surface area (Å²) in [7, 11) is -1.62. The van der Waals surface area contributed by atoms with Crippen molar-refractivity contribution in [2.75, 3.05) is 18.6 Å². The van der Waals surface area contributed by atoms with Crippen LogP contribution in [-0.4, -0.2) is 49.7 Å². The molecule has 1 aromatic rings. The minimum atomic E-state index is -3.09. The third-order valence-electron chi connectivity index (χ3n) is 3.92. The number of likely N-dealkylation sites (N-methyl/N-ethyl adjacent to an activating group) is 1. The summed E-state index contributed by atoms with van der Waals surface area (Å²) < 4.78 is 22.9. The average molecular weight is 324 g/mol. The van der Waals surface area contributed by atoms with Crippen molar-refractivity contribution in [3.05, 3.63) is 35.9 Å². The monoisotopic (exact) mass is 324 g/mol. The summed E-state index contributed by atoms with van der Waals surface area (Å²) in [5, 5.41) is 2.64. The summed E-state index contributed by atoms with van der Waals surface area (Å²) in [4.78, 5) is 25.4. The molecule has 1 aliphatic heterocycles. The summed E-state index contributed by atoms with van der Waals surface area (Å²) in [6.45, 7) is 1.79. The molecule has 2 rings (SSSR count). The summed E-state index contributed by atoms with van der Waals surface area (Å²) in [6, 6.07) is 8.60. The molecule has 2 atom stereocenters. The van der Waals surface area contributed by atoms with Crippen LogP contribution in [0.1, 0.15) is 24.9 Å². The van der Waals surface area contributed by atoms with E-state index in [2.05, 4.69) is 5.32 Å². The van der Waals surface area contributed by atoms with Gasteiger partial charge in [-0.3, -0.25) is 9.59 Å². The van der Waals surface area contributed by atoms with E-state index in [0.29, 0.717) is 6.42 Å². The van der Waals surface area contributed by atoms with Gasteiger partial charge >= 0.3 is 11.8 Å². The van der Waals surface area contributed by atoms with Crippen molar-refractivity contribution in [1.29, 1.82) is 0 Å². The van der Waals surface area contributed by atoms with E-state index < -0.39 is 27.7 Å². The Balaban J connectivity index is 1.96. The zero-order valence-corrected chi connectivity index (χ0v) is 13.5. The van der Waals surface area contributed by atoms with Crippen molar-refractivity contribution in [2.24, 2.45) is 0 Å². The average Bonchev–Trinajstić information content (AvgIpc) is 2.86. The zero-order chi connectivity index (χ0) is 16.3. The smallest absolute Gasteiger partial charge is 0.311 e. The standard InChI is InChI=1S/C15H20N2O4S/c1-11(12-6-4-3-5-7-12)16-14(18)15(19)17(2)13-8-9-22(20,21)10-13/h3-7,11,13H,8-10H2,1-2H3,(H,16,18). The van der Waals surface area contributed by atoms with Crippen LogP contribution in [0.3, 0.4) is 0 Å². The third kappa shape index (κ3) is 3.85. The van der Waals surface area contributed by atoms with E-state index >= 15 is 0 Å². The van der Waals surface area contributed by atoms with Crippen molar-refractivity contribution >= 4 is 21.7 Å². The summed E-state index contributed by atoms with van der Waals surface area (Å²) in [5.41, 5.74) is 0.898. The van der Waals surface area contributed by atoms with Crippen molar-refractivity contribution in [3.63, 3.8) is 0 Å². The van der Waals surface area contributed by atoms with Gasteiger partial charge in [-0.25, -0.2) is 8.42 Å². The van der Waals surface area contributed by atoms with Gasteiger partial charge in [0.2, 0.25) is 0 Å². The Hall–Kier alpha value is -1.89. The maximum absolute atomic E-state index is 12.1. The van der Waals surface area contributed by atoms with Crippen LogP contribution in [0.5, 0.6) is 0 Å². The van der Waals surface area contributed by atoms with Gasteiger partial charge in [0, 0.05) is 13.1 Å². The van der Waals surface area contributed by atoms with Crippen LogP contribution in [0, 0.1) is 0 Å². The molecule has 0 spiro atoms. The minimum Gasteiger partial charge on any atom is -0.341 e. The summed E-state index contributed by atoms with van der Waals surface area (Å²) >= 11 is 0. The fraction of sp³-hybridized carbons (Fsp3) is 0.467. The molecule has 120 valence electrons. The molecule has 0 radical (unpaired) electrons. The van der Waals surface area contributed by atoms with E-state index in [0.717, 1.165) is 5.56 Å². The van der Waals surface area contributed by atoms with Crippen molar-refractivity contribution in [3.8, 4) is 0 Å². The number of carbonyl (C=O) groups excluding carboxylic acids is 2. The molecule has 1 saturated heterocycles. The molecule has 1 heterocycles. The van der Waals surface area contributed by atoms with Gasteiger partial charge in [-0.2, -0.15) is 0 Å². The second-order valence-corrected chi connectivity index (χ2v) is 7.81. The second kappa shape index (κ2) is 6.48. The van der Waals surface area contributed by atoms with E-state index in [-0.39, 0.29) is 17.5 Å². The Morgan fingerprint density at radius 2 is 1.91 bits per heavy atom. The summed E-state index contributed by atoms with van der Waals surface area (Å²) in [5.74, 6) is -1.43. The van der Waals surface area contributed by atoms with Crippen LogP contribution >= 0.6 is 0 Å². The molecule has 1 aliphatic rings. The first kappa shape index (κ1) is 16.5. The first-order chi connectivity index (χ1) is 10.3. The van der Waals surface area contributed by atoms with Crippen LogP contribution in [0.2, 0.25) is 0 Å². The van der Waals surface area contributed by atoms with E-state index in [1.54, 1.807) is 6.92 Å². The van der Waals surface area contributed by atoms with Gasteiger partial charge in [0.15, 0.2) is 9.84 Å². The minimum absolute atomic E-state index is 0.0668. The molecular formula is C15H20N2O4S. The molecule has 0 aliphatic carbocycles. The molecule has 1 aromatic carbocycles. The van der Waals surface area contributed by atoms with Crippen LogP contribution in [0.25, 0.3) is 0 Å². The van der Waals surface area contributed by atoms with E-state index in [4.69, 9.17) is 0 Å². The predicted molar refractivity (Wildman–Crippen MR) is 82.8 cm³/mol. The van der Waals surface area contributed by atoms with Gasteiger partial charge in [0.25, 0.3) is 0 Å². The number of benzene rings is 1. The van der Waals surface area contributed by atoms with Crippen LogP contribution in [0.4, 0.5) is 0 Å². The molecule has 0 bridgehead atoms. The lowest BCUT2D eigenvalue weighted by atomic mass is 10.1. The highest BCUT2D eigenvalue weighted by molar-refractivity contribution is 7.91.